The molecule has 54 heavy (non-hydrogen) atoms. The van der Waals surface area contributed by atoms with Crippen LogP contribution >= 0.6 is 22.7 Å². The number of benzene rings is 2. The predicted molar refractivity (Wildman–Crippen MR) is 187 cm³/mol. The molecule has 2 heterocycles. The first-order valence-corrected chi connectivity index (χ1v) is 17.9. The van der Waals surface area contributed by atoms with Gasteiger partial charge in [0.1, 0.15) is 22.6 Å². The second-order valence-corrected chi connectivity index (χ2v) is 14.8. The van der Waals surface area contributed by atoms with Crippen molar-refractivity contribution in [2.24, 2.45) is 11.5 Å². The van der Waals surface area contributed by atoms with Crippen molar-refractivity contribution in [1.29, 1.82) is 0 Å². The summed E-state index contributed by atoms with van der Waals surface area (Å²) in [5, 5.41) is 11.1. The van der Waals surface area contributed by atoms with Gasteiger partial charge in [-0.25, -0.2) is 9.97 Å². The maximum Gasteiger partial charge on any atom is 0.573 e. The molecule has 8 N–H and O–H groups in total. The number of amides is 4. The molecule has 2 saturated carbocycles. The van der Waals surface area contributed by atoms with Gasteiger partial charge in [-0.15, -0.1) is 26.3 Å². The molecule has 2 aliphatic carbocycles. The molecule has 0 saturated heterocycles. The molecular formula is C32H34F6N8O6S2. The van der Waals surface area contributed by atoms with E-state index in [4.69, 9.17) is 11.5 Å². The number of carbonyl (C=O) groups is 4. The maximum absolute atomic E-state index is 12.6. The SMILES string of the molecule is CC(N)C(=O)NC1(C(=O)Nc2nc3ccc(OC(F)(F)F)cc3s2)CCC1.CC(N)C(=O)NC1(C(=O)Nc2nc3ccc(OC(F)(F)F)cc3s2)CCC1. The lowest BCUT2D eigenvalue weighted by Crippen LogP contribution is -2.63. The zero-order chi connectivity index (χ0) is 39.6. The second kappa shape index (κ2) is 15.5. The summed E-state index contributed by atoms with van der Waals surface area (Å²) in [6, 6.07) is 5.96. The second-order valence-electron chi connectivity index (χ2n) is 12.7. The van der Waals surface area contributed by atoms with Crippen LogP contribution in [0.15, 0.2) is 36.4 Å². The van der Waals surface area contributed by atoms with Crippen molar-refractivity contribution in [1.82, 2.24) is 20.6 Å². The van der Waals surface area contributed by atoms with Crippen molar-refractivity contribution in [3.05, 3.63) is 36.4 Å². The van der Waals surface area contributed by atoms with Gasteiger partial charge in [0.05, 0.1) is 32.5 Å². The van der Waals surface area contributed by atoms with Gasteiger partial charge in [0.25, 0.3) is 11.8 Å². The summed E-state index contributed by atoms with van der Waals surface area (Å²) in [7, 11) is 0. The first-order chi connectivity index (χ1) is 25.2. The number of halogens is 6. The van der Waals surface area contributed by atoms with Gasteiger partial charge in [-0.2, -0.15) is 0 Å². The molecule has 292 valence electrons. The summed E-state index contributed by atoms with van der Waals surface area (Å²) in [6.07, 6.45) is -6.10. The van der Waals surface area contributed by atoms with Gasteiger partial charge in [-0.1, -0.05) is 22.7 Å². The topological polar surface area (TPSA) is 213 Å². The molecule has 0 radical (unpaired) electrons. The molecule has 2 aliphatic rings. The van der Waals surface area contributed by atoms with Gasteiger partial charge in [-0.05, 0) is 76.6 Å². The lowest BCUT2D eigenvalue weighted by molar-refractivity contribution is -0.275. The fraction of sp³-hybridized carbons (Fsp3) is 0.438. The lowest BCUT2D eigenvalue weighted by Gasteiger charge is -2.40. The number of nitrogens with zero attached hydrogens (tertiary/aromatic N) is 2. The minimum absolute atomic E-state index is 0.223. The Morgan fingerprint density at radius 3 is 1.31 bits per heavy atom. The van der Waals surface area contributed by atoms with E-state index in [1.807, 2.05) is 0 Å². The van der Waals surface area contributed by atoms with E-state index in [1.165, 1.54) is 38.1 Å². The van der Waals surface area contributed by atoms with Crippen LogP contribution in [-0.4, -0.2) is 69.5 Å². The molecule has 2 aromatic carbocycles. The lowest BCUT2D eigenvalue weighted by atomic mass is 9.75. The van der Waals surface area contributed by atoms with Gasteiger partial charge in [0, 0.05) is 12.1 Å². The summed E-state index contributed by atoms with van der Waals surface area (Å²) < 4.78 is 82.5. The van der Waals surface area contributed by atoms with E-state index < -0.39 is 59.5 Å². The van der Waals surface area contributed by atoms with E-state index >= 15 is 0 Å². The number of anilines is 2. The molecule has 14 nitrogen and oxygen atoms in total. The number of hydrogen-bond donors (Lipinski definition) is 6. The van der Waals surface area contributed by atoms with Crippen molar-refractivity contribution in [2.75, 3.05) is 10.6 Å². The minimum Gasteiger partial charge on any atom is -0.406 e. The number of aromatic nitrogens is 2. The highest BCUT2D eigenvalue weighted by atomic mass is 32.1. The maximum atomic E-state index is 12.6. The van der Waals surface area contributed by atoms with E-state index in [0.717, 1.165) is 47.6 Å². The van der Waals surface area contributed by atoms with Crippen LogP contribution in [0.25, 0.3) is 20.4 Å². The zero-order valence-electron chi connectivity index (χ0n) is 28.4. The third-order valence-electron chi connectivity index (χ3n) is 8.46. The van der Waals surface area contributed by atoms with Crippen LogP contribution in [0.1, 0.15) is 52.4 Å². The summed E-state index contributed by atoms with van der Waals surface area (Å²) >= 11 is 2.03. The largest absolute Gasteiger partial charge is 0.573 e. The third-order valence-corrected chi connectivity index (χ3v) is 10.3. The Bertz CT molecular complexity index is 1900. The number of carbonyl (C=O) groups excluding carboxylic acids is 4. The van der Waals surface area contributed by atoms with Crippen LogP contribution in [0.2, 0.25) is 0 Å². The molecule has 22 heteroatoms. The Morgan fingerprint density at radius 1 is 0.685 bits per heavy atom. The highest BCUT2D eigenvalue weighted by Crippen LogP contribution is 2.37. The Balaban J connectivity index is 0.000000208. The highest BCUT2D eigenvalue weighted by Gasteiger charge is 2.47. The average molecular weight is 805 g/mol. The minimum atomic E-state index is -4.79. The number of ether oxygens (including phenoxy) is 2. The Labute approximate surface area is 310 Å². The highest BCUT2D eigenvalue weighted by molar-refractivity contribution is 7.22. The Morgan fingerprint density at radius 2 is 1.04 bits per heavy atom. The van der Waals surface area contributed by atoms with E-state index in [9.17, 15) is 45.5 Å². The van der Waals surface area contributed by atoms with E-state index in [1.54, 1.807) is 0 Å². The number of thiazole rings is 2. The van der Waals surface area contributed by atoms with Gasteiger partial charge in [0.2, 0.25) is 11.8 Å². The van der Waals surface area contributed by atoms with Crippen LogP contribution in [0.3, 0.4) is 0 Å². The van der Waals surface area contributed by atoms with Crippen molar-refractivity contribution in [3.8, 4) is 11.5 Å². The molecule has 0 bridgehead atoms. The fourth-order valence-electron chi connectivity index (χ4n) is 5.32. The molecular weight excluding hydrogens is 771 g/mol. The van der Waals surface area contributed by atoms with E-state index in [0.29, 0.717) is 46.1 Å². The number of alkyl halides is 6. The number of fused-ring (bicyclic) bond motifs is 2. The molecule has 4 aromatic rings. The Hall–Kier alpha value is -4.80. The molecule has 0 spiro atoms. The predicted octanol–water partition coefficient (Wildman–Crippen LogP) is 5.04. The summed E-state index contributed by atoms with van der Waals surface area (Å²) in [5.74, 6) is -2.43. The Kier molecular flexibility index (Phi) is 11.6. The summed E-state index contributed by atoms with van der Waals surface area (Å²) in [5.41, 5.74) is 9.85. The van der Waals surface area contributed by atoms with Crippen LogP contribution in [0.5, 0.6) is 11.5 Å². The molecule has 6 rings (SSSR count). The van der Waals surface area contributed by atoms with Crippen molar-refractivity contribution in [2.45, 2.75) is 88.3 Å². The van der Waals surface area contributed by atoms with Gasteiger partial charge >= 0.3 is 12.7 Å². The van der Waals surface area contributed by atoms with Crippen LogP contribution < -0.4 is 42.2 Å². The molecule has 2 fully saturated rings. The van der Waals surface area contributed by atoms with Crippen LogP contribution in [0, 0.1) is 0 Å². The first kappa shape index (κ1) is 40.4. The van der Waals surface area contributed by atoms with Crippen molar-refractivity contribution < 1.29 is 55.0 Å². The molecule has 2 aromatic heterocycles. The number of rotatable bonds is 10. The monoisotopic (exact) mass is 804 g/mol. The van der Waals surface area contributed by atoms with Crippen molar-refractivity contribution >= 4 is 77.0 Å². The third kappa shape index (κ3) is 9.84. The zero-order valence-corrected chi connectivity index (χ0v) is 30.1. The van der Waals surface area contributed by atoms with Gasteiger partial charge < -0.3 is 31.6 Å². The van der Waals surface area contributed by atoms with Gasteiger partial charge in [-0.3, -0.25) is 29.8 Å². The van der Waals surface area contributed by atoms with Crippen LogP contribution in [-0.2, 0) is 19.2 Å². The molecule has 2 atom stereocenters. The van der Waals surface area contributed by atoms with E-state index in [-0.39, 0.29) is 21.8 Å². The first-order valence-electron chi connectivity index (χ1n) is 16.3. The normalized spacial score (nSPS) is 17.1. The average Bonchev–Trinajstić information content (AvgIpc) is 3.60. The van der Waals surface area contributed by atoms with Crippen molar-refractivity contribution in [3.63, 3.8) is 0 Å². The molecule has 2 unspecified atom stereocenters. The van der Waals surface area contributed by atoms with Crippen LogP contribution in [0.4, 0.5) is 36.6 Å². The quantitative estimate of drug-likeness (QED) is 0.118. The molecule has 4 amide bonds. The van der Waals surface area contributed by atoms with Gasteiger partial charge in [0.15, 0.2) is 10.3 Å². The molecule has 0 aliphatic heterocycles. The number of nitrogens with two attached hydrogens (primary N) is 2. The number of hydrogen-bond acceptors (Lipinski definition) is 12. The summed E-state index contributed by atoms with van der Waals surface area (Å²) in [4.78, 5) is 57.4. The van der Waals surface area contributed by atoms with E-state index in [2.05, 4.69) is 40.7 Å². The summed E-state index contributed by atoms with van der Waals surface area (Å²) in [6.45, 7) is 3.04. The number of nitrogens with one attached hydrogen (secondary N) is 4. The smallest absolute Gasteiger partial charge is 0.406 e. The fourth-order valence-corrected chi connectivity index (χ4v) is 7.10. The standard InChI is InChI=1S/2C16H17F3N4O3S/c2*1-8(20)12(24)23-15(5-2-6-15)13(25)22-14-21-10-4-3-9(7-11(10)27-14)26-16(17,18)19/h2*3-4,7-8H,2,5-6,20H2,1H3,(H,23,24)(H,21,22,25).